The van der Waals surface area contributed by atoms with Crippen LogP contribution in [0.2, 0.25) is 0 Å². The van der Waals surface area contributed by atoms with Crippen LogP contribution in [0.25, 0.3) is 0 Å². The molecule has 120 valence electrons. The molecule has 21 heavy (non-hydrogen) atoms. The summed E-state index contributed by atoms with van der Waals surface area (Å²) >= 11 is 0. The van der Waals surface area contributed by atoms with E-state index in [0.29, 0.717) is 0 Å². The van der Waals surface area contributed by atoms with Crippen LogP contribution in [-0.2, 0) is 6.42 Å². The molecule has 0 saturated carbocycles. The lowest BCUT2D eigenvalue weighted by Crippen LogP contribution is -2.28. The molecule has 0 heterocycles. The SMILES string of the molecule is CCC[C@H](O)c1cccc(CCC(O)(CCC)CCC)c1. The van der Waals surface area contributed by atoms with Crippen LogP contribution in [0.3, 0.4) is 0 Å². The maximum absolute atomic E-state index is 10.7. The lowest BCUT2D eigenvalue weighted by atomic mass is 9.86. The Morgan fingerprint density at radius 3 is 2.24 bits per heavy atom. The summed E-state index contributed by atoms with van der Waals surface area (Å²) in [6.07, 6.45) is 6.90. The fraction of sp³-hybridized carbons (Fsp3) is 0.684. The predicted molar refractivity (Wildman–Crippen MR) is 89.4 cm³/mol. The minimum Gasteiger partial charge on any atom is -0.390 e. The van der Waals surface area contributed by atoms with Crippen molar-refractivity contribution in [1.29, 1.82) is 0 Å². The summed E-state index contributed by atoms with van der Waals surface area (Å²) in [5, 5.41) is 20.8. The van der Waals surface area contributed by atoms with Crippen LogP contribution in [-0.4, -0.2) is 15.8 Å². The first-order chi connectivity index (χ1) is 10.0. The standard InChI is InChI=1S/C19H32O2/c1-4-8-18(20)17-10-7-9-16(15-17)11-14-19(21,12-5-2)13-6-3/h7,9-10,15,18,20-21H,4-6,8,11-14H2,1-3H3/t18-/m0/s1. The first-order valence-electron chi connectivity index (χ1n) is 8.54. The lowest BCUT2D eigenvalue weighted by Gasteiger charge is -2.27. The number of hydrogen-bond acceptors (Lipinski definition) is 2. The molecule has 2 nitrogen and oxygen atoms in total. The molecular weight excluding hydrogens is 260 g/mol. The van der Waals surface area contributed by atoms with E-state index in [1.807, 2.05) is 12.1 Å². The van der Waals surface area contributed by atoms with Crippen molar-refractivity contribution in [2.75, 3.05) is 0 Å². The Bertz CT molecular complexity index is 394. The molecule has 1 atom stereocenters. The Hall–Kier alpha value is -0.860. The van der Waals surface area contributed by atoms with Crippen LogP contribution >= 0.6 is 0 Å². The summed E-state index contributed by atoms with van der Waals surface area (Å²) in [4.78, 5) is 0. The fourth-order valence-electron chi connectivity index (χ4n) is 3.08. The molecule has 2 heteroatoms. The Balaban J connectivity index is 2.67. The molecule has 1 aromatic carbocycles. The highest BCUT2D eigenvalue weighted by atomic mass is 16.3. The second-order valence-electron chi connectivity index (χ2n) is 6.27. The number of benzene rings is 1. The molecule has 0 unspecified atom stereocenters. The highest BCUT2D eigenvalue weighted by Gasteiger charge is 2.24. The van der Waals surface area contributed by atoms with Gasteiger partial charge in [0.2, 0.25) is 0 Å². The molecule has 0 spiro atoms. The molecule has 0 saturated heterocycles. The Kier molecular flexibility index (Phi) is 7.98. The number of aliphatic hydroxyl groups excluding tert-OH is 1. The normalized spacial score (nSPS) is 13.4. The summed E-state index contributed by atoms with van der Waals surface area (Å²) in [5.74, 6) is 0. The molecule has 0 aromatic heterocycles. The van der Waals surface area contributed by atoms with Crippen LogP contribution in [0.4, 0.5) is 0 Å². The lowest BCUT2D eigenvalue weighted by molar-refractivity contribution is 0.0132. The van der Waals surface area contributed by atoms with Gasteiger partial charge in [0.15, 0.2) is 0 Å². The minimum absolute atomic E-state index is 0.361. The number of hydrogen-bond donors (Lipinski definition) is 2. The largest absolute Gasteiger partial charge is 0.390 e. The van der Waals surface area contributed by atoms with Gasteiger partial charge in [0.05, 0.1) is 11.7 Å². The van der Waals surface area contributed by atoms with Crippen molar-refractivity contribution in [3.63, 3.8) is 0 Å². The number of aryl methyl sites for hydroxylation is 1. The van der Waals surface area contributed by atoms with Crippen molar-refractivity contribution < 1.29 is 10.2 Å². The van der Waals surface area contributed by atoms with E-state index in [9.17, 15) is 10.2 Å². The quantitative estimate of drug-likeness (QED) is 0.651. The van der Waals surface area contributed by atoms with Crippen LogP contribution in [0.1, 0.15) is 82.9 Å². The van der Waals surface area contributed by atoms with E-state index in [2.05, 4.69) is 32.9 Å². The van der Waals surface area contributed by atoms with Gasteiger partial charge in [-0.2, -0.15) is 0 Å². The third-order valence-electron chi connectivity index (χ3n) is 4.21. The van der Waals surface area contributed by atoms with Gasteiger partial charge in [-0.1, -0.05) is 64.3 Å². The van der Waals surface area contributed by atoms with E-state index in [4.69, 9.17) is 0 Å². The summed E-state index contributed by atoms with van der Waals surface area (Å²) in [5.41, 5.74) is 1.69. The zero-order valence-electron chi connectivity index (χ0n) is 13.9. The monoisotopic (exact) mass is 292 g/mol. The molecule has 0 radical (unpaired) electrons. The second kappa shape index (κ2) is 9.22. The van der Waals surface area contributed by atoms with Crippen LogP contribution in [0.15, 0.2) is 24.3 Å². The van der Waals surface area contributed by atoms with Crippen molar-refractivity contribution in [3.8, 4) is 0 Å². The Morgan fingerprint density at radius 1 is 1.00 bits per heavy atom. The highest BCUT2D eigenvalue weighted by molar-refractivity contribution is 5.25. The van der Waals surface area contributed by atoms with Crippen molar-refractivity contribution in [2.45, 2.75) is 83.8 Å². The molecule has 2 N–H and O–H groups in total. The van der Waals surface area contributed by atoms with Crippen molar-refractivity contribution in [2.24, 2.45) is 0 Å². The smallest absolute Gasteiger partial charge is 0.0790 e. The maximum Gasteiger partial charge on any atom is 0.0790 e. The number of rotatable bonds is 10. The summed E-state index contributed by atoms with van der Waals surface area (Å²) < 4.78 is 0. The minimum atomic E-state index is -0.526. The average molecular weight is 292 g/mol. The molecule has 0 fully saturated rings. The molecule has 0 aliphatic carbocycles. The molecular formula is C19H32O2. The van der Waals surface area contributed by atoms with Gasteiger partial charge in [0, 0.05) is 0 Å². The van der Waals surface area contributed by atoms with Crippen LogP contribution in [0, 0.1) is 0 Å². The zero-order valence-corrected chi connectivity index (χ0v) is 13.9. The summed E-state index contributed by atoms with van der Waals surface area (Å²) in [7, 11) is 0. The molecule has 1 rings (SSSR count). The van der Waals surface area contributed by atoms with E-state index in [0.717, 1.165) is 56.9 Å². The Morgan fingerprint density at radius 2 is 1.67 bits per heavy atom. The van der Waals surface area contributed by atoms with Crippen molar-refractivity contribution in [1.82, 2.24) is 0 Å². The fourth-order valence-corrected chi connectivity index (χ4v) is 3.08. The van der Waals surface area contributed by atoms with Gasteiger partial charge in [-0.05, 0) is 43.2 Å². The van der Waals surface area contributed by atoms with E-state index in [-0.39, 0.29) is 6.10 Å². The maximum atomic E-state index is 10.7. The predicted octanol–water partition coefficient (Wildman–Crippen LogP) is 4.78. The topological polar surface area (TPSA) is 40.5 Å². The Labute approximate surface area is 130 Å². The zero-order chi connectivity index (χ0) is 15.7. The van der Waals surface area contributed by atoms with E-state index < -0.39 is 5.60 Å². The molecule has 0 aliphatic rings. The van der Waals surface area contributed by atoms with Crippen LogP contribution in [0.5, 0.6) is 0 Å². The average Bonchev–Trinajstić information content (AvgIpc) is 2.46. The first-order valence-corrected chi connectivity index (χ1v) is 8.54. The summed E-state index contributed by atoms with van der Waals surface area (Å²) in [6, 6.07) is 8.20. The van der Waals surface area contributed by atoms with Gasteiger partial charge < -0.3 is 10.2 Å². The first kappa shape index (κ1) is 18.2. The van der Waals surface area contributed by atoms with E-state index in [1.165, 1.54) is 5.56 Å². The third kappa shape index (κ3) is 6.19. The van der Waals surface area contributed by atoms with Gasteiger partial charge in [0.1, 0.15) is 0 Å². The third-order valence-corrected chi connectivity index (χ3v) is 4.21. The van der Waals surface area contributed by atoms with Gasteiger partial charge in [-0.25, -0.2) is 0 Å². The highest BCUT2D eigenvalue weighted by Crippen LogP contribution is 2.26. The van der Waals surface area contributed by atoms with Crippen molar-refractivity contribution in [3.05, 3.63) is 35.4 Å². The molecule has 0 amide bonds. The van der Waals surface area contributed by atoms with Gasteiger partial charge in [-0.15, -0.1) is 0 Å². The molecule has 0 bridgehead atoms. The van der Waals surface area contributed by atoms with E-state index in [1.54, 1.807) is 0 Å². The van der Waals surface area contributed by atoms with Gasteiger partial charge in [-0.3, -0.25) is 0 Å². The van der Waals surface area contributed by atoms with Gasteiger partial charge >= 0.3 is 0 Å². The van der Waals surface area contributed by atoms with Gasteiger partial charge in [0.25, 0.3) is 0 Å². The number of aliphatic hydroxyl groups is 2. The second-order valence-corrected chi connectivity index (χ2v) is 6.27. The molecule has 0 aliphatic heterocycles. The van der Waals surface area contributed by atoms with Crippen molar-refractivity contribution >= 4 is 0 Å². The summed E-state index contributed by atoms with van der Waals surface area (Å²) in [6.45, 7) is 6.34. The van der Waals surface area contributed by atoms with E-state index >= 15 is 0 Å². The van der Waals surface area contributed by atoms with Crippen LogP contribution < -0.4 is 0 Å². The molecule has 1 aromatic rings.